The maximum atomic E-state index is 12.6. The molecule has 1 amide bonds. The number of hydrogen-bond acceptors (Lipinski definition) is 3. The number of thiocarbonyl (C=S) groups is 1. The summed E-state index contributed by atoms with van der Waals surface area (Å²) in [7, 11) is 1.99. The fourth-order valence-corrected chi connectivity index (χ4v) is 3.46. The van der Waals surface area contributed by atoms with Crippen molar-refractivity contribution in [3.05, 3.63) is 58.8 Å². The van der Waals surface area contributed by atoms with E-state index in [1.165, 1.54) is 11.8 Å². The minimum Gasteiger partial charge on any atom is -0.348 e. The standard InChI is InChI=1S/C16H14N2OS2/c1-11-8-9-13(17(11)2)10-14-15(19)18(16(20)21-14)12-6-4-3-5-7-12/h3-10H,1-2H3/b14-10-. The van der Waals surface area contributed by atoms with Crippen LogP contribution in [0.2, 0.25) is 0 Å². The first-order valence-electron chi connectivity index (χ1n) is 6.53. The van der Waals surface area contributed by atoms with E-state index in [0.29, 0.717) is 9.23 Å². The number of aryl methyl sites for hydroxylation is 1. The predicted molar refractivity (Wildman–Crippen MR) is 92.2 cm³/mol. The molecule has 3 rings (SSSR count). The number of aromatic nitrogens is 1. The van der Waals surface area contributed by atoms with E-state index in [4.69, 9.17) is 12.2 Å². The Morgan fingerprint density at radius 2 is 1.86 bits per heavy atom. The molecule has 0 aliphatic carbocycles. The van der Waals surface area contributed by atoms with Gasteiger partial charge in [0.15, 0.2) is 4.32 Å². The van der Waals surface area contributed by atoms with Crippen molar-refractivity contribution >= 4 is 46.0 Å². The summed E-state index contributed by atoms with van der Waals surface area (Å²) in [4.78, 5) is 14.8. The number of hydrogen-bond donors (Lipinski definition) is 0. The SMILES string of the molecule is Cc1ccc(/C=C2\SC(=S)N(c3ccccc3)C2=O)n1C. The van der Waals surface area contributed by atoms with E-state index in [1.54, 1.807) is 4.90 Å². The lowest BCUT2D eigenvalue weighted by Gasteiger charge is -2.13. The maximum absolute atomic E-state index is 12.6. The van der Waals surface area contributed by atoms with Crippen LogP contribution in [0.15, 0.2) is 47.4 Å². The highest BCUT2D eigenvalue weighted by atomic mass is 32.2. The van der Waals surface area contributed by atoms with Crippen molar-refractivity contribution in [2.45, 2.75) is 6.92 Å². The normalized spacial score (nSPS) is 17.0. The van der Waals surface area contributed by atoms with E-state index in [2.05, 4.69) is 4.57 Å². The molecule has 5 heteroatoms. The van der Waals surface area contributed by atoms with Gasteiger partial charge in [-0.05, 0) is 37.3 Å². The number of carbonyl (C=O) groups excluding carboxylic acids is 1. The highest BCUT2D eigenvalue weighted by Gasteiger charge is 2.33. The van der Waals surface area contributed by atoms with Crippen LogP contribution in [-0.2, 0) is 11.8 Å². The topological polar surface area (TPSA) is 25.2 Å². The summed E-state index contributed by atoms with van der Waals surface area (Å²) in [5, 5.41) is 0. The number of anilines is 1. The van der Waals surface area contributed by atoms with Crippen LogP contribution in [0.5, 0.6) is 0 Å². The van der Waals surface area contributed by atoms with Crippen LogP contribution in [0.25, 0.3) is 6.08 Å². The highest BCUT2D eigenvalue weighted by Crippen LogP contribution is 2.35. The van der Waals surface area contributed by atoms with E-state index in [9.17, 15) is 4.79 Å². The van der Waals surface area contributed by atoms with Gasteiger partial charge in [-0.1, -0.05) is 42.2 Å². The van der Waals surface area contributed by atoms with Crippen molar-refractivity contribution < 1.29 is 4.79 Å². The van der Waals surface area contributed by atoms with Gasteiger partial charge in [0.1, 0.15) is 0 Å². The van der Waals surface area contributed by atoms with E-state index >= 15 is 0 Å². The first-order valence-corrected chi connectivity index (χ1v) is 7.76. The van der Waals surface area contributed by atoms with Gasteiger partial charge >= 0.3 is 0 Å². The molecule has 2 aromatic rings. The molecule has 0 atom stereocenters. The molecule has 1 aliphatic heterocycles. The molecule has 0 saturated carbocycles. The first kappa shape index (κ1) is 14.1. The van der Waals surface area contributed by atoms with Gasteiger partial charge in [-0.2, -0.15) is 0 Å². The van der Waals surface area contributed by atoms with Gasteiger partial charge in [-0.25, -0.2) is 0 Å². The zero-order valence-corrected chi connectivity index (χ0v) is 13.4. The van der Waals surface area contributed by atoms with Gasteiger partial charge in [0.25, 0.3) is 5.91 Å². The zero-order valence-electron chi connectivity index (χ0n) is 11.7. The molecule has 3 nitrogen and oxygen atoms in total. The summed E-state index contributed by atoms with van der Waals surface area (Å²) in [5.41, 5.74) is 2.97. The van der Waals surface area contributed by atoms with Crippen molar-refractivity contribution in [1.29, 1.82) is 0 Å². The van der Waals surface area contributed by atoms with Crippen LogP contribution < -0.4 is 4.90 Å². The Morgan fingerprint density at radius 3 is 2.48 bits per heavy atom. The number of nitrogens with zero attached hydrogens (tertiary/aromatic N) is 2. The molecule has 0 spiro atoms. The Balaban J connectivity index is 1.96. The quantitative estimate of drug-likeness (QED) is 0.624. The van der Waals surface area contributed by atoms with E-state index < -0.39 is 0 Å². The van der Waals surface area contributed by atoms with E-state index in [0.717, 1.165) is 17.1 Å². The van der Waals surface area contributed by atoms with Crippen molar-refractivity contribution in [2.24, 2.45) is 7.05 Å². The van der Waals surface area contributed by atoms with Crippen LogP contribution in [0.3, 0.4) is 0 Å². The van der Waals surface area contributed by atoms with Crippen molar-refractivity contribution in [3.63, 3.8) is 0 Å². The third kappa shape index (κ3) is 2.54. The second-order valence-corrected chi connectivity index (χ2v) is 6.49. The fraction of sp³-hybridized carbons (Fsp3) is 0.125. The number of thioether (sulfide) groups is 1. The van der Waals surface area contributed by atoms with E-state index in [1.807, 2.05) is 62.5 Å². The molecule has 1 aliphatic rings. The average molecular weight is 314 g/mol. The summed E-state index contributed by atoms with van der Waals surface area (Å²) < 4.78 is 2.62. The molecule has 0 N–H and O–H groups in total. The predicted octanol–water partition coefficient (Wildman–Crippen LogP) is 3.74. The zero-order chi connectivity index (χ0) is 15.0. The summed E-state index contributed by atoms with van der Waals surface area (Å²) in [6.07, 6.45) is 1.90. The van der Waals surface area contributed by atoms with Gasteiger partial charge in [0.2, 0.25) is 0 Å². The maximum Gasteiger partial charge on any atom is 0.270 e. The summed E-state index contributed by atoms with van der Waals surface area (Å²) >= 11 is 6.70. The number of para-hydroxylation sites is 1. The Kier molecular flexibility index (Phi) is 3.69. The molecule has 0 bridgehead atoms. The minimum atomic E-state index is -0.0601. The largest absolute Gasteiger partial charge is 0.348 e. The summed E-state index contributed by atoms with van der Waals surface area (Å²) in [5.74, 6) is -0.0601. The van der Waals surface area contributed by atoms with Gasteiger partial charge in [-0.3, -0.25) is 9.69 Å². The van der Waals surface area contributed by atoms with Gasteiger partial charge in [0.05, 0.1) is 10.6 Å². The monoisotopic (exact) mass is 314 g/mol. The Morgan fingerprint density at radius 1 is 1.14 bits per heavy atom. The van der Waals surface area contributed by atoms with E-state index in [-0.39, 0.29) is 5.91 Å². The summed E-state index contributed by atoms with van der Waals surface area (Å²) in [6.45, 7) is 2.03. The molecule has 1 fully saturated rings. The number of benzene rings is 1. The third-order valence-corrected chi connectivity index (χ3v) is 4.80. The van der Waals surface area contributed by atoms with Crippen molar-refractivity contribution in [1.82, 2.24) is 4.57 Å². The average Bonchev–Trinajstić information content (AvgIpc) is 2.94. The van der Waals surface area contributed by atoms with Crippen LogP contribution in [0.1, 0.15) is 11.4 Å². The fourth-order valence-electron chi connectivity index (χ4n) is 2.18. The molecule has 1 saturated heterocycles. The molecule has 0 radical (unpaired) electrons. The molecular formula is C16H14N2OS2. The van der Waals surface area contributed by atoms with Gasteiger partial charge < -0.3 is 4.57 Å². The Labute approximate surface area is 133 Å². The van der Waals surface area contributed by atoms with Crippen LogP contribution >= 0.6 is 24.0 Å². The number of amides is 1. The third-order valence-electron chi connectivity index (χ3n) is 3.50. The molecule has 106 valence electrons. The van der Waals surface area contributed by atoms with Crippen LogP contribution in [0, 0.1) is 6.92 Å². The van der Waals surface area contributed by atoms with Gasteiger partial charge in [-0.15, -0.1) is 0 Å². The van der Waals surface area contributed by atoms with Crippen molar-refractivity contribution in [3.8, 4) is 0 Å². The molecule has 1 aromatic carbocycles. The first-order chi connectivity index (χ1) is 10.1. The minimum absolute atomic E-state index is 0.0601. The highest BCUT2D eigenvalue weighted by molar-refractivity contribution is 8.27. The van der Waals surface area contributed by atoms with Crippen LogP contribution in [-0.4, -0.2) is 14.8 Å². The molecule has 2 heterocycles. The molecule has 0 unspecified atom stereocenters. The number of rotatable bonds is 2. The smallest absolute Gasteiger partial charge is 0.270 e. The van der Waals surface area contributed by atoms with Crippen LogP contribution in [0.4, 0.5) is 5.69 Å². The van der Waals surface area contributed by atoms with Gasteiger partial charge in [0, 0.05) is 18.4 Å². The lowest BCUT2D eigenvalue weighted by Crippen LogP contribution is -2.27. The number of carbonyl (C=O) groups is 1. The second-order valence-electron chi connectivity index (χ2n) is 4.81. The molecule has 21 heavy (non-hydrogen) atoms. The Bertz CT molecular complexity index is 747. The molecular weight excluding hydrogens is 300 g/mol. The second kappa shape index (κ2) is 5.50. The Hall–Kier alpha value is -1.85. The lowest BCUT2D eigenvalue weighted by atomic mass is 10.3. The lowest BCUT2D eigenvalue weighted by molar-refractivity contribution is -0.113. The summed E-state index contributed by atoms with van der Waals surface area (Å²) in [6, 6.07) is 13.5. The molecule has 1 aromatic heterocycles. The van der Waals surface area contributed by atoms with Crippen molar-refractivity contribution in [2.75, 3.05) is 4.90 Å².